The van der Waals surface area contributed by atoms with Crippen LogP contribution >= 0.6 is 15.6 Å². The number of nitrogens with one attached hydrogen (secondary N) is 1. The summed E-state index contributed by atoms with van der Waals surface area (Å²) in [6.07, 6.45) is -7.32. The summed E-state index contributed by atoms with van der Waals surface area (Å²) in [4.78, 5) is 56.7. The second-order valence-electron chi connectivity index (χ2n) is 10.7. The molecule has 3 saturated heterocycles. The van der Waals surface area contributed by atoms with E-state index < -0.39 is 83.4 Å². The number of pyridine rings is 1. The number of nitrogens with zero attached hydrogens (tertiary/aromatic N) is 6. The fourth-order valence-corrected chi connectivity index (χ4v) is 7.50. The Balaban J connectivity index is 1.21. The summed E-state index contributed by atoms with van der Waals surface area (Å²) in [5, 5.41) is 22.6. The molecule has 21 nitrogen and oxygen atoms in total. The molecule has 4 aromatic rings. The number of ether oxygens (including phenoxy) is 2. The number of phosphoric acid groups is 2. The Bertz CT molecular complexity index is 1980. The number of anilines is 1. The van der Waals surface area contributed by atoms with E-state index >= 15 is 0 Å². The van der Waals surface area contributed by atoms with Crippen LogP contribution < -0.4 is 11.3 Å². The molecule has 46 heavy (non-hydrogen) atoms. The highest BCUT2D eigenvalue weighted by Crippen LogP contribution is 2.54. The summed E-state index contributed by atoms with van der Waals surface area (Å²) in [6.45, 7) is -0.0913. The third-order valence-corrected chi connectivity index (χ3v) is 9.67. The number of imidazole rings is 1. The normalized spacial score (nSPS) is 37.1. The molecular formula is C23H26N8O13P2. The summed E-state index contributed by atoms with van der Waals surface area (Å²) in [7, 11) is -10.1. The Kier molecular flexibility index (Phi) is 7.79. The second-order valence-corrected chi connectivity index (χ2v) is 13.5. The molecule has 3 aliphatic heterocycles. The van der Waals surface area contributed by atoms with Crippen molar-refractivity contribution >= 4 is 43.5 Å². The van der Waals surface area contributed by atoms with Crippen LogP contribution in [0, 0.1) is 6.92 Å². The van der Waals surface area contributed by atoms with Crippen LogP contribution in [0.25, 0.3) is 22.1 Å². The van der Waals surface area contributed by atoms with Crippen molar-refractivity contribution in [3.8, 4) is 0 Å². The fourth-order valence-electron chi connectivity index (χ4n) is 5.61. The SMILES string of the molecule is Cc1nc2c(ncn2[C@@H]2O[C@@H]3COP(=O)(O)O[C@@H]4C(O)[C@H](c5cncc6c(N)ncnc56)O[C@@H]4COP(=O)(O)O[C@H]2C3O)c(=O)[nH]1. The molecule has 246 valence electrons. The third kappa shape index (κ3) is 5.53. The first-order valence-corrected chi connectivity index (χ1v) is 16.6. The van der Waals surface area contributed by atoms with E-state index in [9.17, 15) is 33.9 Å². The highest BCUT2D eigenvalue weighted by Gasteiger charge is 2.54. The van der Waals surface area contributed by atoms with Gasteiger partial charge in [-0.15, -0.1) is 0 Å². The monoisotopic (exact) mass is 684 g/mol. The summed E-state index contributed by atoms with van der Waals surface area (Å²) in [6, 6.07) is 0. The number of aryl methyl sites for hydroxylation is 1. The summed E-state index contributed by atoms with van der Waals surface area (Å²) < 4.78 is 60.3. The smallest absolute Gasteiger partial charge is 0.387 e. The van der Waals surface area contributed by atoms with Crippen molar-refractivity contribution < 1.29 is 56.7 Å². The minimum atomic E-state index is -5.09. The lowest BCUT2D eigenvalue weighted by atomic mass is 10.0. The first kappa shape index (κ1) is 31.3. The van der Waals surface area contributed by atoms with Crippen LogP contribution in [0.4, 0.5) is 5.82 Å². The van der Waals surface area contributed by atoms with Crippen molar-refractivity contribution in [3.63, 3.8) is 0 Å². The number of aliphatic hydroxyl groups is 2. The Labute approximate surface area is 256 Å². The number of nitrogen functional groups attached to an aromatic ring is 1. The first-order valence-electron chi connectivity index (χ1n) is 13.6. The highest BCUT2D eigenvalue weighted by molar-refractivity contribution is 7.47. The Morgan fingerprint density at radius 3 is 2.43 bits per heavy atom. The molecule has 0 spiro atoms. The Morgan fingerprint density at radius 1 is 0.957 bits per heavy atom. The van der Waals surface area contributed by atoms with Gasteiger partial charge in [0.2, 0.25) is 0 Å². The van der Waals surface area contributed by atoms with E-state index in [1.165, 1.54) is 30.2 Å². The van der Waals surface area contributed by atoms with Gasteiger partial charge in [0.1, 0.15) is 60.7 Å². The molecule has 0 amide bonds. The molecule has 10 atom stereocenters. The molecule has 0 aromatic carbocycles. The molecule has 7 heterocycles. The molecule has 3 fully saturated rings. The van der Waals surface area contributed by atoms with Crippen LogP contribution in [0.3, 0.4) is 0 Å². The largest absolute Gasteiger partial charge is 0.472 e. The number of hydrogen-bond acceptors (Lipinski definition) is 17. The average molecular weight is 684 g/mol. The molecule has 0 aliphatic carbocycles. The number of fused-ring (bicyclic) bond motifs is 5. The van der Waals surface area contributed by atoms with Gasteiger partial charge in [-0.25, -0.2) is 29.1 Å². The van der Waals surface area contributed by atoms with Gasteiger partial charge in [-0.05, 0) is 6.92 Å². The van der Waals surface area contributed by atoms with Crippen molar-refractivity contribution in [1.82, 2.24) is 34.5 Å². The number of H-pyrrole nitrogens is 1. The predicted molar refractivity (Wildman–Crippen MR) is 149 cm³/mol. The maximum Gasteiger partial charge on any atom is 0.472 e. The molecule has 2 bridgehead atoms. The summed E-state index contributed by atoms with van der Waals surface area (Å²) >= 11 is 0. The zero-order valence-electron chi connectivity index (χ0n) is 23.5. The van der Waals surface area contributed by atoms with Gasteiger partial charge < -0.3 is 40.2 Å². The topological polar surface area (TPSA) is 299 Å². The van der Waals surface area contributed by atoms with Crippen LogP contribution in [-0.4, -0.2) is 104 Å². The van der Waals surface area contributed by atoms with Crippen LogP contribution in [0.1, 0.15) is 23.7 Å². The van der Waals surface area contributed by atoms with Crippen LogP contribution in [0.5, 0.6) is 0 Å². The van der Waals surface area contributed by atoms with E-state index in [1.54, 1.807) is 0 Å². The minimum Gasteiger partial charge on any atom is -0.387 e. The first-order chi connectivity index (χ1) is 21.8. The molecule has 0 saturated carbocycles. The number of aliphatic hydroxyl groups excluding tert-OH is 2. The maximum absolute atomic E-state index is 13.3. The lowest BCUT2D eigenvalue weighted by molar-refractivity contribution is -0.0636. The van der Waals surface area contributed by atoms with Crippen molar-refractivity contribution in [2.24, 2.45) is 0 Å². The molecule has 7 rings (SSSR count). The summed E-state index contributed by atoms with van der Waals surface area (Å²) in [5.41, 5.74) is 5.72. The number of aromatic nitrogens is 7. The van der Waals surface area contributed by atoms with Crippen LogP contribution in [0.15, 0.2) is 29.8 Å². The van der Waals surface area contributed by atoms with Crippen molar-refractivity contribution in [3.05, 3.63) is 46.8 Å². The van der Waals surface area contributed by atoms with E-state index in [0.717, 1.165) is 6.33 Å². The zero-order valence-corrected chi connectivity index (χ0v) is 25.2. The lowest BCUT2D eigenvalue weighted by Gasteiger charge is -2.26. The number of aromatic amines is 1. The van der Waals surface area contributed by atoms with Crippen molar-refractivity contribution in [1.29, 1.82) is 0 Å². The molecule has 4 unspecified atom stereocenters. The number of rotatable bonds is 2. The van der Waals surface area contributed by atoms with Gasteiger partial charge in [-0.3, -0.25) is 32.4 Å². The molecular weight excluding hydrogens is 658 g/mol. The molecule has 0 radical (unpaired) electrons. The van der Waals surface area contributed by atoms with Gasteiger partial charge in [-0.1, -0.05) is 0 Å². The van der Waals surface area contributed by atoms with Crippen LogP contribution in [0.2, 0.25) is 0 Å². The quantitative estimate of drug-likeness (QED) is 0.140. The van der Waals surface area contributed by atoms with Gasteiger partial charge >= 0.3 is 15.6 Å². The van der Waals surface area contributed by atoms with Gasteiger partial charge in [-0.2, -0.15) is 0 Å². The van der Waals surface area contributed by atoms with Crippen molar-refractivity contribution in [2.45, 2.75) is 55.9 Å². The predicted octanol–water partition coefficient (Wildman–Crippen LogP) is -0.874. The highest BCUT2D eigenvalue weighted by atomic mass is 31.2. The average Bonchev–Trinajstić information content (AvgIpc) is 3.64. The summed E-state index contributed by atoms with van der Waals surface area (Å²) in [5.74, 6) is 0.313. The Morgan fingerprint density at radius 2 is 1.67 bits per heavy atom. The van der Waals surface area contributed by atoms with Crippen LogP contribution in [-0.2, 0) is 36.7 Å². The third-order valence-electron chi connectivity index (χ3n) is 7.70. The van der Waals surface area contributed by atoms with Crippen molar-refractivity contribution in [2.75, 3.05) is 18.9 Å². The minimum absolute atomic E-state index is 0.00299. The molecule has 4 aromatic heterocycles. The number of hydrogen-bond donors (Lipinski definition) is 6. The van der Waals surface area contributed by atoms with E-state index in [0.29, 0.717) is 5.39 Å². The van der Waals surface area contributed by atoms with E-state index in [4.69, 9.17) is 33.3 Å². The van der Waals surface area contributed by atoms with E-state index in [1.807, 2.05) is 0 Å². The molecule has 23 heteroatoms. The van der Waals surface area contributed by atoms with E-state index in [2.05, 4.69) is 29.9 Å². The Hall–Kier alpha value is -3.30. The fraction of sp³-hybridized carbons (Fsp3) is 0.478. The number of nitrogens with two attached hydrogens (primary N) is 1. The molecule has 3 aliphatic rings. The van der Waals surface area contributed by atoms with Gasteiger partial charge in [0.05, 0.1) is 30.4 Å². The maximum atomic E-state index is 13.3. The zero-order chi connectivity index (χ0) is 32.5. The van der Waals surface area contributed by atoms with Gasteiger partial charge in [0, 0.05) is 18.0 Å². The standard InChI is InChI=1S/C23H26N8O13P2/c1-8-29-21-14(22(34)30-8)28-7-31(21)23-19-15(32)11(42-23)4-39-45(35,36)43-18-12(5-40-46(37,38)44-19)41-17(16(18)33)9-2-25-3-10-13(9)26-6-27-20(10)24/h2-3,6-7,11-12,15-19,23,32-33H,4-5H2,1H3,(H,35,36)(H,37,38)(H2,24,26,27)(H,29,30,34)/t11-,12-,15?,16?,17+,18+,19+,23-/m1/s1. The number of phosphoric ester groups is 2. The van der Waals surface area contributed by atoms with Gasteiger partial charge in [0.25, 0.3) is 5.56 Å². The van der Waals surface area contributed by atoms with Gasteiger partial charge in [0.15, 0.2) is 17.4 Å². The second kappa shape index (κ2) is 11.4. The lowest BCUT2D eigenvalue weighted by Crippen LogP contribution is -2.36. The van der Waals surface area contributed by atoms with E-state index in [-0.39, 0.29) is 33.9 Å². The molecule has 7 N–H and O–H groups in total.